The minimum atomic E-state index is -3.61. The summed E-state index contributed by atoms with van der Waals surface area (Å²) in [5, 5.41) is 7.55. The molecule has 9 heteroatoms. The standard InChI is InChI=1S/C17H16N4O3S2/c1-12(22)19-13-4-6-14(7-5-13)20-15-8-9-16(18-11-15)21-26(23,24)17-3-2-10-25-17/h2-11,20H,1H3,(H,18,21)(H,19,22). The first-order chi connectivity index (χ1) is 12.4. The van der Waals surface area contributed by atoms with Crippen LogP contribution >= 0.6 is 11.3 Å². The van der Waals surface area contributed by atoms with Gasteiger partial charge in [0.05, 0.1) is 11.9 Å². The van der Waals surface area contributed by atoms with Gasteiger partial charge in [-0.1, -0.05) is 6.07 Å². The summed E-state index contributed by atoms with van der Waals surface area (Å²) in [6.07, 6.45) is 1.54. The lowest BCUT2D eigenvalue weighted by Crippen LogP contribution is -2.12. The van der Waals surface area contributed by atoms with Crippen molar-refractivity contribution < 1.29 is 13.2 Å². The van der Waals surface area contributed by atoms with Crippen LogP contribution in [0.15, 0.2) is 64.3 Å². The summed E-state index contributed by atoms with van der Waals surface area (Å²) >= 11 is 1.14. The molecule has 0 fully saturated rings. The van der Waals surface area contributed by atoms with E-state index in [4.69, 9.17) is 0 Å². The van der Waals surface area contributed by atoms with Crippen molar-refractivity contribution in [3.8, 4) is 0 Å². The van der Waals surface area contributed by atoms with Gasteiger partial charge >= 0.3 is 0 Å². The van der Waals surface area contributed by atoms with Crippen molar-refractivity contribution in [3.05, 3.63) is 60.1 Å². The number of anilines is 4. The Labute approximate surface area is 155 Å². The molecule has 2 aromatic heterocycles. The van der Waals surface area contributed by atoms with Gasteiger partial charge in [-0.05, 0) is 47.8 Å². The molecule has 0 saturated carbocycles. The van der Waals surface area contributed by atoms with Gasteiger partial charge in [-0.3, -0.25) is 9.52 Å². The molecule has 2 heterocycles. The third kappa shape index (κ3) is 4.58. The molecule has 3 aromatic rings. The van der Waals surface area contributed by atoms with Gasteiger partial charge in [0.15, 0.2) is 0 Å². The monoisotopic (exact) mass is 388 g/mol. The van der Waals surface area contributed by atoms with Crippen molar-refractivity contribution in [1.29, 1.82) is 0 Å². The van der Waals surface area contributed by atoms with Crippen molar-refractivity contribution >= 4 is 50.1 Å². The topological polar surface area (TPSA) is 100 Å². The summed E-state index contributed by atoms with van der Waals surface area (Å²) in [5.41, 5.74) is 2.23. The zero-order valence-corrected chi connectivity index (χ0v) is 15.4. The van der Waals surface area contributed by atoms with Crippen LogP contribution in [0.3, 0.4) is 0 Å². The number of carbonyl (C=O) groups is 1. The molecule has 0 aliphatic heterocycles. The predicted octanol–water partition coefficient (Wildman–Crippen LogP) is 3.65. The Bertz CT molecular complexity index is 984. The second-order valence-corrected chi connectivity index (χ2v) is 8.21. The van der Waals surface area contributed by atoms with E-state index in [-0.39, 0.29) is 15.9 Å². The van der Waals surface area contributed by atoms with Crippen LogP contribution in [0.1, 0.15) is 6.92 Å². The smallest absolute Gasteiger partial charge is 0.272 e. The Kier molecular flexibility index (Phi) is 5.19. The number of nitrogens with zero attached hydrogens (tertiary/aromatic N) is 1. The number of thiophene rings is 1. The maximum absolute atomic E-state index is 12.2. The first-order valence-electron chi connectivity index (χ1n) is 7.59. The first kappa shape index (κ1) is 17.9. The average Bonchev–Trinajstić information content (AvgIpc) is 3.13. The van der Waals surface area contributed by atoms with Crippen LogP contribution in [0, 0.1) is 0 Å². The zero-order valence-electron chi connectivity index (χ0n) is 13.8. The number of benzene rings is 1. The summed E-state index contributed by atoms with van der Waals surface area (Å²) in [6, 6.07) is 13.7. The SMILES string of the molecule is CC(=O)Nc1ccc(Nc2ccc(NS(=O)(=O)c3cccs3)nc2)cc1. The fourth-order valence-corrected chi connectivity index (χ4v) is 4.14. The normalized spacial score (nSPS) is 11.0. The number of amides is 1. The highest BCUT2D eigenvalue weighted by Crippen LogP contribution is 2.22. The third-order valence-corrected chi connectivity index (χ3v) is 6.01. The number of hydrogen-bond acceptors (Lipinski definition) is 6. The first-order valence-corrected chi connectivity index (χ1v) is 9.96. The van der Waals surface area contributed by atoms with Gasteiger partial charge in [0.25, 0.3) is 10.0 Å². The number of hydrogen-bond donors (Lipinski definition) is 3. The maximum Gasteiger partial charge on any atom is 0.272 e. The number of aromatic nitrogens is 1. The summed E-state index contributed by atoms with van der Waals surface area (Å²) in [7, 11) is -3.61. The lowest BCUT2D eigenvalue weighted by molar-refractivity contribution is -0.114. The number of rotatable bonds is 6. The molecule has 26 heavy (non-hydrogen) atoms. The van der Waals surface area contributed by atoms with E-state index in [0.717, 1.165) is 17.0 Å². The highest BCUT2D eigenvalue weighted by atomic mass is 32.2. The Morgan fingerprint density at radius 1 is 1.00 bits per heavy atom. The van der Waals surface area contributed by atoms with Gasteiger partial charge in [0, 0.05) is 18.3 Å². The quantitative estimate of drug-likeness (QED) is 0.598. The van der Waals surface area contributed by atoms with E-state index >= 15 is 0 Å². The zero-order chi connectivity index (χ0) is 18.6. The molecule has 0 atom stereocenters. The Hall–Kier alpha value is -2.91. The molecule has 0 radical (unpaired) electrons. The molecule has 0 aliphatic rings. The third-order valence-electron chi connectivity index (χ3n) is 3.26. The second kappa shape index (κ2) is 7.54. The van der Waals surface area contributed by atoms with Crippen molar-refractivity contribution in [2.75, 3.05) is 15.4 Å². The molecule has 0 unspecified atom stereocenters. The minimum Gasteiger partial charge on any atom is -0.354 e. The van der Waals surface area contributed by atoms with E-state index in [9.17, 15) is 13.2 Å². The number of pyridine rings is 1. The largest absolute Gasteiger partial charge is 0.354 e. The Morgan fingerprint density at radius 2 is 1.69 bits per heavy atom. The number of sulfonamides is 1. The van der Waals surface area contributed by atoms with Crippen LogP contribution in [-0.2, 0) is 14.8 Å². The summed E-state index contributed by atoms with van der Waals surface area (Å²) in [4.78, 5) is 15.1. The molecule has 3 rings (SSSR count). The van der Waals surface area contributed by atoms with Crippen LogP contribution in [-0.4, -0.2) is 19.3 Å². The van der Waals surface area contributed by atoms with Gasteiger partial charge in [-0.25, -0.2) is 13.4 Å². The molecule has 0 bridgehead atoms. The van der Waals surface area contributed by atoms with Crippen molar-refractivity contribution in [2.24, 2.45) is 0 Å². The molecule has 1 amide bonds. The van der Waals surface area contributed by atoms with Crippen LogP contribution in [0.2, 0.25) is 0 Å². The molecule has 1 aromatic carbocycles. The van der Waals surface area contributed by atoms with Crippen molar-refractivity contribution in [3.63, 3.8) is 0 Å². The molecular formula is C17H16N4O3S2. The minimum absolute atomic E-state index is 0.129. The summed E-state index contributed by atoms with van der Waals surface area (Å²) < 4.78 is 27.0. The van der Waals surface area contributed by atoms with Gasteiger partial charge in [0.1, 0.15) is 10.0 Å². The van der Waals surface area contributed by atoms with Crippen molar-refractivity contribution in [2.45, 2.75) is 11.1 Å². The van der Waals surface area contributed by atoms with Crippen molar-refractivity contribution in [1.82, 2.24) is 4.98 Å². The number of nitrogens with one attached hydrogen (secondary N) is 3. The fraction of sp³-hybridized carbons (Fsp3) is 0.0588. The van der Waals surface area contributed by atoms with Gasteiger partial charge in [0.2, 0.25) is 5.91 Å². The van der Waals surface area contributed by atoms with E-state index < -0.39 is 10.0 Å². The lowest BCUT2D eigenvalue weighted by atomic mass is 10.2. The van der Waals surface area contributed by atoms with Crippen LogP contribution in [0.4, 0.5) is 22.9 Å². The predicted molar refractivity (Wildman–Crippen MR) is 103 cm³/mol. The summed E-state index contributed by atoms with van der Waals surface area (Å²) in [6.45, 7) is 1.45. The van der Waals surface area contributed by atoms with Gasteiger partial charge < -0.3 is 10.6 Å². The Morgan fingerprint density at radius 3 is 2.27 bits per heavy atom. The van der Waals surface area contributed by atoms with Gasteiger partial charge in [-0.15, -0.1) is 11.3 Å². The van der Waals surface area contributed by atoms with E-state index in [1.165, 1.54) is 19.2 Å². The lowest BCUT2D eigenvalue weighted by Gasteiger charge is -2.09. The van der Waals surface area contributed by atoms with Crippen LogP contribution in [0.5, 0.6) is 0 Å². The maximum atomic E-state index is 12.2. The molecule has 0 saturated heterocycles. The van der Waals surface area contributed by atoms with Crippen LogP contribution < -0.4 is 15.4 Å². The Balaban J connectivity index is 1.65. The highest BCUT2D eigenvalue weighted by Gasteiger charge is 2.15. The summed E-state index contributed by atoms with van der Waals surface area (Å²) in [5.74, 6) is 0.112. The second-order valence-electron chi connectivity index (χ2n) is 5.35. The molecule has 7 nitrogen and oxygen atoms in total. The van der Waals surface area contributed by atoms with E-state index in [1.54, 1.807) is 35.7 Å². The molecular weight excluding hydrogens is 372 g/mol. The van der Waals surface area contributed by atoms with Crippen LogP contribution in [0.25, 0.3) is 0 Å². The molecule has 134 valence electrons. The average molecular weight is 388 g/mol. The van der Waals surface area contributed by atoms with E-state index in [2.05, 4.69) is 20.3 Å². The molecule has 0 spiro atoms. The van der Waals surface area contributed by atoms with E-state index in [1.807, 2.05) is 12.1 Å². The molecule has 0 aliphatic carbocycles. The van der Waals surface area contributed by atoms with Gasteiger partial charge in [-0.2, -0.15) is 0 Å². The highest BCUT2D eigenvalue weighted by molar-refractivity contribution is 7.94. The molecule has 3 N–H and O–H groups in total. The fourth-order valence-electron chi connectivity index (χ4n) is 2.14. The number of carbonyl (C=O) groups excluding carboxylic acids is 1. The van der Waals surface area contributed by atoms with E-state index in [0.29, 0.717) is 11.4 Å².